The highest BCUT2D eigenvalue weighted by molar-refractivity contribution is 6.01. The van der Waals surface area contributed by atoms with Crippen molar-refractivity contribution in [2.75, 3.05) is 13.2 Å². The molecule has 4 nitrogen and oxygen atoms in total. The van der Waals surface area contributed by atoms with E-state index >= 15 is 0 Å². The quantitative estimate of drug-likeness (QED) is 0.780. The first-order valence-corrected chi connectivity index (χ1v) is 8.62. The molecule has 4 heteroatoms. The summed E-state index contributed by atoms with van der Waals surface area (Å²) in [4.78, 5) is 25.8. The topological polar surface area (TPSA) is 52.6 Å². The van der Waals surface area contributed by atoms with E-state index in [1.54, 1.807) is 20.8 Å². The number of fused-ring (bicyclic) bond motifs is 3. The first-order chi connectivity index (χ1) is 12.1. The van der Waals surface area contributed by atoms with Crippen LogP contribution < -0.4 is 0 Å². The van der Waals surface area contributed by atoms with Crippen LogP contribution in [-0.2, 0) is 24.5 Å². The molecule has 25 heavy (non-hydrogen) atoms. The number of carbonyl (C=O) groups excluding carboxylic acids is 2. The number of benzene rings is 2. The van der Waals surface area contributed by atoms with Crippen LogP contribution in [0.3, 0.4) is 0 Å². The number of hydrogen-bond acceptors (Lipinski definition) is 4. The molecule has 130 valence electrons. The number of carbonyl (C=O) groups is 2. The van der Waals surface area contributed by atoms with Crippen LogP contribution in [-0.4, -0.2) is 25.2 Å². The molecular weight excluding hydrogens is 316 g/mol. The predicted molar refractivity (Wildman–Crippen MR) is 95.1 cm³/mol. The average Bonchev–Trinajstić information content (AvgIpc) is 2.93. The highest BCUT2D eigenvalue weighted by Gasteiger charge is 2.56. The second-order valence-electron chi connectivity index (χ2n) is 6.09. The van der Waals surface area contributed by atoms with Gasteiger partial charge in [0.1, 0.15) is 5.41 Å². The lowest BCUT2D eigenvalue weighted by Crippen LogP contribution is -2.46. The zero-order valence-electron chi connectivity index (χ0n) is 14.7. The summed E-state index contributed by atoms with van der Waals surface area (Å²) >= 11 is 0. The minimum Gasteiger partial charge on any atom is -0.466 e. The molecule has 0 fully saturated rings. The Morgan fingerprint density at radius 3 is 1.84 bits per heavy atom. The van der Waals surface area contributed by atoms with Gasteiger partial charge in [-0.25, -0.2) is 0 Å². The van der Waals surface area contributed by atoms with Crippen LogP contribution in [0.2, 0.25) is 0 Å². The van der Waals surface area contributed by atoms with E-state index in [1.807, 2.05) is 48.5 Å². The van der Waals surface area contributed by atoms with E-state index in [4.69, 9.17) is 9.47 Å². The molecule has 1 aliphatic rings. The Hall–Kier alpha value is -2.62. The third kappa shape index (κ3) is 2.44. The lowest BCUT2D eigenvalue weighted by atomic mass is 9.69. The Morgan fingerprint density at radius 1 is 0.880 bits per heavy atom. The van der Waals surface area contributed by atoms with Gasteiger partial charge in [0.25, 0.3) is 0 Å². The first-order valence-electron chi connectivity index (χ1n) is 8.62. The molecule has 0 radical (unpaired) electrons. The molecule has 0 bridgehead atoms. The van der Waals surface area contributed by atoms with Gasteiger partial charge in [-0.1, -0.05) is 55.5 Å². The molecule has 3 rings (SSSR count). The van der Waals surface area contributed by atoms with Crippen molar-refractivity contribution < 1.29 is 19.1 Å². The van der Waals surface area contributed by atoms with E-state index in [0.717, 1.165) is 22.3 Å². The molecule has 0 heterocycles. The molecular formula is C21H22O4. The van der Waals surface area contributed by atoms with Gasteiger partial charge in [0.15, 0.2) is 0 Å². The van der Waals surface area contributed by atoms with Gasteiger partial charge < -0.3 is 9.47 Å². The minimum atomic E-state index is -1.19. The lowest BCUT2D eigenvalue weighted by molar-refractivity contribution is -0.160. The molecule has 1 atom stereocenters. The summed E-state index contributed by atoms with van der Waals surface area (Å²) in [6.45, 7) is 5.80. The molecule has 0 saturated carbocycles. The molecule has 0 saturated heterocycles. The van der Waals surface area contributed by atoms with E-state index in [1.165, 1.54) is 0 Å². The van der Waals surface area contributed by atoms with Gasteiger partial charge in [-0.3, -0.25) is 9.59 Å². The fourth-order valence-corrected chi connectivity index (χ4v) is 3.82. The van der Waals surface area contributed by atoms with Crippen molar-refractivity contribution in [1.29, 1.82) is 0 Å². The van der Waals surface area contributed by atoms with Crippen LogP contribution in [0.5, 0.6) is 0 Å². The zero-order chi connectivity index (χ0) is 18.0. The summed E-state index contributed by atoms with van der Waals surface area (Å²) < 4.78 is 10.7. The fraction of sp³-hybridized carbons (Fsp3) is 0.333. The third-order valence-corrected chi connectivity index (χ3v) is 4.88. The Morgan fingerprint density at radius 2 is 1.36 bits per heavy atom. The van der Waals surface area contributed by atoms with Crippen molar-refractivity contribution in [1.82, 2.24) is 0 Å². The second-order valence-corrected chi connectivity index (χ2v) is 6.09. The largest absolute Gasteiger partial charge is 0.466 e. The second kappa shape index (κ2) is 6.71. The fourth-order valence-electron chi connectivity index (χ4n) is 3.82. The maximum Gasteiger partial charge on any atom is 0.322 e. The SMILES string of the molecule is CCOC(=O)C(C)C1(C(=O)OCC)c2ccccc2-c2ccccc21. The van der Waals surface area contributed by atoms with Crippen LogP contribution in [0.25, 0.3) is 11.1 Å². The van der Waals surface area contributed by atoms with Crippen LogP contribution in [0.1, 0.15) is 31.9 Å². The Balaban J connectivity index is 2.31. The summed E-state index contributed by atoms with van der Waals surface area (Å²) in [7, 11) is 0. The van der Waals surface area contributed by atoms with Crippen molar-refractivity contribution in [3.8, 4) is 11.1 Å². The number of esters is 2. The van der Waals surface area contributed by atoms with Gasteiger partial charge in [-0.15, -0.1) is 0 Å². The number of hydrogen-bond donors (Lipinski definition) is 0. The molecule has 0 aromatic heterocycles. The van der Waals surface area contributed by atoms with Gasteiger partial charge in [0.2, 0.25) is 0 Å². The Bertz CT molecular complexity index is 764. The Kier molecular flexibility index (Phi) is 4.62. The van der Waals surface area contributed by atoms with Crippen molar-refractivity contribution >= 4 is 11.9 Å². The van der Waals surface area contributed by atoms with Crippen LogP contribution in [0.15, 0.2) is 48.5 Å². The van der Waals surface area contributed by atoms with E-state index in [9.17, 15) is 9.59 Å². The summed E-state index contributed by atoms with van der Waals surface area (Å²) in [6.07, 6.45) is 0. The molecule has 0 N–H and O–H groups in total. The summed E-state index contributed by atoms with van der Waals surface area (Å²) in [5.74, 6) is -1.51. The molecule has 0 aliphatic heterocycles. The molecule has 2 aromatic rings. The standard InChI is InChI=1S/C21H22O4/c1-4-24-19(22)14(3)21(20(23)25-5-2)17-12-8-6-10-15(17)16-11-7-9-13-18(16)21/h6-14H,4-5H2,1-3H3. The van der Waals surface area contributed by atoms with Crippen molar-refractivity contribution in [2.45, 2.75) is 26.2 Å². The van der Waals surface area contributed by atoms with Crippen molar-refractivity contribution in [2.24, 2.45) is 5.92 Å². The Labute approximate surface area is 147 Å². The number of ether oxygens (including phenoxy) is 2. The minimum absolute atomic E-state index is 0.250. The van der Waals surface area contributed by atoms with Crippen LogP contribution in [0.4, 0.5) is 0 Å². The van der Waals surface area contributed by atoms with E-state index < -0.39 is 23.3 Å². The maximum absolute atomic E-state index is 13.2. The first kappa shape index (κ1) is 17.2. The molecule has 0 amide bonds. The molecule has 0 spiro atoms. The van der Waals surface area contributed by atoms with Crippen molar-refractivity contribution in [3.63, 3.8) is 0 Å². The summed E-state index contributed by atoms with van der Waals surface area (Å²) in [5, 5.41) is 0. The van der Waals surface area contributed by atoms with E-state index in [2.05, 4.69) is 0 Å². The lowest BCUT2D eigenvalue weighted by Gasteiger charge is -2.33. The monoisotopic (exact) mass is 338 g/mol. The summed E-state index contributed by atoms with van der Waals surface area (Å²) in [5.41, 5.74) is 2.34. The average molecular weight is 338 g/mol. The van der Waals surface area contributed by atoms with Gasteiger partial charge in [-0.05, 0) is 36.1 Å². The number of rotatable bonds is 5. The van der Waals surface area contributed by atoms with Crippen LogP contribution >= 0.6 is 0 Å². The molecule has 2 aromatic carbocycles. The van der Waals surface area contributed by atoms with E-state index in [0.29, 0.717) is 0 Å². The third-order valence-electron chi connectivity index (χ3n) is 4.88. The van der Waals surface area contributed by atoms with Gasteiger partial charge in [-0.2, -0.15) is 0 Å². The van der Waals surface area contributed by atoms with Crippen molar-refractivity contribution in [3.05, 3.63) is 59.7 Å². The molecule has 1 unspecified atom stereocenters. The van der Waals surface area contributed by atoms with Gasteiger partial charge in [0.05, 0.1) is 19.1 Å². The predicted octanol–water partition coefficient (Wildman–Crippen LogP) is 3.72. The smallest absolute Gasteiger partial charge is 0.322 e. The van der Waals surface area contributed by atoms with Crippen LogP contribution in [0, 0.1) is 5.92 Å². The summed E-state index contributed by atoms with van der Waals surface area (Å²) in [6, 6.07) is 15.4. The highest BCUT2D eigenvalue weighted by Crippen LogP contribution is 2.53. The zero-order valence-corrected chi connectivity index (χ0v) is 14.7. The van der Waals surface area contributed by atoms with E-state index in [-0.39, 0.29) is 13.2 Å². The molecule has 1 aliphatic carbocycles. The normalized spacial score (nSPS) is 15.0. The maximum atomic E-state index is 13.2. The van der Waals surface area contributed by atoms with Gasteiger partial charge in [0, 0.05) is 0 Å². The van der Waals surface area contributed by atoms with Gasteiger partial charge >= 0.3 is 11.9 Å². The highest BCUT2D eigenvalue weighted by atomic mass is 16.5.